The fourth-order valence-corrected chi connectivity index (χ4v) is 1.74. The Morgan fingerprint density at radius 2 is 2.00 bits per heavy atom. The summed E-state index contributed by atoms with van der Waals surface area (Å²) in [6, 6.07) is 14.0. The van der Waals surface area contributed by atoms with Crippen LogP contribution in [0.4, 0.5) is 11.4 Å². The van der Waals surface area contributed by atoms with Crippen LogP contribution in [0, 0.1) is 6.92 Å². The van der Waals surface area contributed by atoms with Gasteiger partial charge in [0, 0.05) is 17.9 Å². The first-order chi connectivity index (χ1) is 8.69. The van der Waals surface area contributed by atoms with Gasteiger partial charge in [0.25, 0.3) is 0 Å². The van der Waals surface area contributed by atoms with Crippen molar-refractivity contribution >= 4 is 11.4 Å². The average Bonchev–Trinajstić information content (AvgIpc) is 2.40. The van der Waals surface area contributed by atoms with E-state index in [1.54, 1.807) is 7.11 Å². The highest BCUT2D eigenvalue weighted by Gasteiger charge is 1.98. The second kappa shape index (κ2) is 5.45. The van der Waals surface area contributed by atoms with Crippen molar-refractivity contribution in [3.63, 3.8) is 0 Å². The number of methoxy groups -OCH3 is 1. The summed E-state index contributed by atoms with van der Waals surface area (Å²) in [5, 5.41) is 3.34. The smallest absolute Gasteiger partial charge is 0.119 e. The Morgan fingerprint density at radius 3 is 2.72 bits per heavy atom. The molecule has 0 spiro atoms. The lowest BCUT2D eigenvalue weighted by atomic mass is 10.1. The fraction of sp³-hybridized carbons (Fsp3) is 0.200. The van der Waals surface area contributed by atoms with Gasteiger partial charge in [0.15, 0.2) is 0 Å². The van der Waals surface area contributed by atoms with Gasteiger partial charge >= 0.3 is 0 Å². The summed E-state index contributed by atoms with van der Waals surface area (Å²) in [7, 11) is 1.67. The maximum absolute atomic E-state index is 5.88. The quantitative estimate of drug-likeness (QED) is 0.809. The number of hydrogen-bond donors (Lipinski definition) is 2. The third-order valence-corrected chi connectivity index (χ3v) is 2.91. The minimum absolute atomic E-state index is 0.750. The fourth-order valence-electron chi connectivity index (χ4n) is 1.74. The molecule has 0 bridgehead atoms. The standard InChI is InChI=1S/C15H18N2O/c1-11-6-7-13(9-15(11)16)17-10-12-4-3-5-14(8-12)18-2/h3-9,17H,10,16H2,1-2H3. The molecule has 0 saturated heterocycles. The Hall–Kier alpha value is -2.16. The van der Waals surface area contributed by atoms with Crippen LogP contribution in [0.25, 0.3) is 0 Å². The van der Waals surface area contributed by atoms with E-state index in [0.717, 1.165) is 29.2 Å². The lowest BCUT2D eigenvalue weighted by Gasteiger charge is -2.09. The predicted molar refractivity (Wildman–Crippen MR) is 75.9 cm³/mol. The first-order valence-corrected chi connectivity index (χ1v) is 5.92. The van der Waals surface area contributed by atoms with Crippen molar-refractivity contribution in [3.05, 3.63) is 53.6 Å². The van der Waals surface area contributed by atoms with E-state index >= 15 is 0 Å². The SMILES string of the molecule is COc1cccc(CNc2ccc(C)c(N)c2)c1. The van der Waals surface area contributed by atoms with Crippen molar-refractivity contribution in [2.75, 3.05) is 18.2 Å². The third kappa shape index (κ3) is 2.94. The summed E-state index contributed by atoms with van der Waals surface area (Å²) in [4.78, 5) is 0. The molecule has 0 aliphatic rings. The van der Waals surface area contributed by atoms with Crippen molar-refractivity contribution in [1.29, 1.82) is 0 Å². The van der Waals surface area contributed by atoms with E-state index in [0.29, 0.717) is 0 Å². The van der Waals surface area contributed by atoms with Crippen LogP contribution in [0.3, 0.4) is 0 Å². The molecule has 0 radical (unpaired) electrons. The molecule has 0 heterocycles. The first-order valence-electron chi connectivity index (χ1n) is 5.92. The van der Waals surface area contributed by atoms with Gasteiger partial charge in [0.1, 0.15) is 5.75 Å². The molecule has 0 unspecified atom stereocenters. The Labute approximate surface area is 108 Å². The summed E-state index contributed by atoms with van der Waals surface area (Å²) in [5.41, 5.74) is 9.99. The summed E-state index contributed by atoms with van der Waals surface area (Å²) in [6.07, 6.45) is 0. The Morgan fingerprint density at radius 1 is 1.17 bits per heavy atom. The van der Waals surface area contributed by atoms with Crippen LogP contribution in [0.15, 0.2) is 42.5 Å². The number of hydrogen-bond acceptors (Lipinski definition) is 3. The van der Waals surface area contributed by atoms with Gasteiger partial charge in [-0.05, 0) is 42.3 Å². The van der Waals surface area contributed by atoms with Crippen molar-refractivity contribution in [2.24, 2.45) is 0 Å². The molecular weight excluding hydrogens is 224 g/mol. The number of benzene rings is 2. The van der Waals surface area contributed by atoms with Gasteiger partial charge in [-0.1, -0.05) is 18.2 Å². The number of rotatable bonds is 4. The molecule has 2 aromatic carbocycles. The van der Waals surface area contributed by atoms with Crippen LogP contribution in [0.2, 0.25) is 0 Å². The van der Waals surface area contributed by atoms with Crippen LogP contribution in [-0.4, -0.2) is 7.11 Å². The van der Waals surface area contributed by atoms with Gasteiger partial charge in [0.05, 0.1) is 7.11 Å². The summed E-state index contributed by atoms with van der Waals surface area (Å²) in [5.74, 6) is 0.873. The number of nitrogens with two attached hydrogens (primary N) is 1. The molecular formula is C15H18N2O. The number of anilines is 2. The lowest BCUT2D eigenvalue weighted by Crippen LogP contribution is -2.00. The molecule has 3 N–H and O–H groups in total. The van der Waals surface area contributed by atoms with Crippen LogP contribution >= 0.6 is 0 Å². The van der Waals surface area contributed by atoms with Crippen molar-refractivity contribution < 1.29 is 4.74 Å². The van der Waals surface area contributed by atoms with E-state index in [-0.39, 0.29) is 0 Å². The molecule has 94 valence electrons. The zero-order chi connectivity index (χ0) is 13.0. The largest absolute Gasteiger partial charge is 0.497 e. The van der Waals surface area contributed by atoms with E-state index in [1.165, 1.54) is 5.56 Å². The second-order valence-electron chi connectivity index (χ2n) is 4.28. The van der Waals surface area contributed by atoms with Gasteiger partial charge in [-0.15, -0.1) is 0 Å². The minimum atomic E-state index is 0.750. The zero-order valence-corrected chi connectivity index (χ0v) is 10.7. The van der Waals surface area contributed by atoms with E-state index in [9.17, 15) is 0 Å². The molecule has 2 rings (SSSR count). The normalized spacial score (nSPS) is 10.1. The van der Waals surface area contributed by atoms with Gasteiger partial charge in [-0.2, -0.15) is 0 Å². The molecule has 0 aliphatic heterocycles. The maximum atomic E-state index is 5.88. The number of aryl methyl sites for hydroxylation is 1. The summed E-state index contributed by atoms with van der Waals surface area (Å²) >= 11 is 0. The maximum Gasteiger partial charge on any atom is 0.119 e. The molecule has 3 heteroatoms. The molecule has 2 aromatic rings. The van der Waals surface area contributed by atoms with E-state index in [4.69, 9.17) is 10.5 Å². The van der Waals surface area contributed by atoms with Gasteiger partial charge in [0.2, 0.25) is 0 Å². The summed E-state index contributed by atoms with van der Waals surface area (Å²) < 4.78 is 5.19. The molecule has 0 atom stereocenters. The summed E-state index contributed by atoms with van der Waals surface area (Å²) in [6.45, 7) is 2.75. The highest BCUT2D eigenvalue weighted by atomic mass is 16.5. The van der Waals surface area contributed by atoms with Gasteiger partial charge < -0.3 is 15.8 Å². The van der Waals surface area contributed by atoms with Gasteiger partial charge in [-0.25, -0.2) is 0 Å². The molecule has 0 amide bonds. The number of ether oxygens (including phenoxy) is 1. The second-order valence-corrected chi connectivity index (χ2v) is 4.28. The average molecular weight is 242 g/mol. The molecule has 3 nitrogen and oxygen atoms in total. The van der Waals surface area contributed by atoms with Crippen molar-refractivity contribution in [3.8, 4) is 5.75 Å². The number of nitrogens with one attached hydrogen (secondary N) is 1. The monoisotopic (exact) mass is 242 g/mol. The van der Waals surface area contributed by atoms with Crippen LogP contribution in [0.1, 0.15) is 11.1 Å². The molecule has 0 fully saturated rings. The first kappa shape index (κ1) is 12.3. The predicted octanol–water partition coefficient (Wildman–Crippen LogP) is 3.20. The van der Waals surface area contributed by atoms with Crippen LogP contribution < -0.4 is 15.8 Å². The molecule has 0 aromatic heterocycles. The highest BCUT2D eigenvalue weighted by molar-refractivity contribution is 5.58. The van der Waals surface area contributed by atoms with Crippen molar-refractivity contribution in [1.82, 2.24) is 0 Å². The lowest BCUT2D eigenvalue weighted by molar-refractivity contribution is 0.414. The molecule has 0 aliphatic carbocycles. The topological polar surface area (TPSA) is 47.3 Å². The zero-order valence-electron chi connectivity index (χ0n) is 10.7. The van der Waals surface area contributed by atoms with E-state index < -0.39 is 0 Å². The third-order valence-electron chi connectivity index (χ3n) is 2.91. The van der Waals surface area contributed by atoms with Gasteiger partial charge in [-0.3, -0.25) is 0 Å². The highest BCUT2D eigenvalue weighted by Crippen LogP contribution is 2.18. The Kier molecular flexibility index (Phi) is 3.72. The van der Waals surface area contributed by atoms with E-state index in [2.05, 4.69) is 11.4 Å². The van der Waals surface area contributed by atoms with Crippen LogP contribution in [-0.2, 0) is 6.54 Å². The van der Waals surface area contributed by atoms with Crippen LogP contribution in [0.5, 0.6) is 5.75 Å². The minimum Gasteiger partial charge on any atom is -0.497 e. The Balaban J connectivity index is 2.04. The molecule has 18 heavy (non-hydrogen) atoms. The van der Waals surface area contributed by atoms with E-state index in [1.807, 2.05) is 43.3 Å². The van der Waals surface area contributed by atoms with Crippen molar-refractivity contribution in [2.45, 2.75) is 13.5 Å². The molecule has 0 saturated carbocycles. The Bertz CT molecular complexity index is 538. The number of nitrogen functional groups attached to an aromatic ring is 1.